The second-order valence-electron chi connectivity index (χ2n) is 8.30. The zero-order valence-electron chi connectivity index (χ0n) is 19.2. The molecule has 4 rings (SSSR count). The van der Waals surface area contributed by atoms with Gasteiger partial charge in [-0.3, -0.25) is 14.5 Å². The standard InChI is InChI=1S/C26H29N3O4S/c1-2-32-23-16-18(13-14-22(23)33-17-24(30)27-19-9-5-3-6-10-19)15-21-25(31)29(26(34)28-21)20-11-7-4-8-12-20/h3,5-6,9-10,13-16,20H,2,4,7-8,11-12,17H2,1H3,(H,27,30)(H,28,34)/b21-15+. The van der Waals surface area contributed by atoms with Gasteiger partial charge in [0.15, 0.2) is 23.2 Å². The number of anilines is 1. The predicted molar refractivity (Wildman–Crippen MR) is 136 cm³/mol. The highest BCUT2D eigenvalue weighted by Crippen LogP contribution is 2.31. The Kier molecular flexibility index (Phi) is 7.80. The van der Waals surface area contributed by atoms with Crippen molar-refractivity contribution in [1.82, 2.24) is 10.2 Å². The molecule has 1 saturated carbocycles. The van der Waals surface area contributed by atoms with E-state index < -0.39 is 0 Å². The van der Waals surface area contributed by atoms with Crippen LogP contribution in [0.5, 0.6) is 11.5 Å². The van der Waals surface area contributed by atoms with Crippen LogP contribution in [0.15, 0.2) is 54.2 Å². The summed E-state index contributed by atoms with van der Waals surface area (Å²) in [5, 5.41) is 6.33. The molecule has 1 aliphatic carbocycles. The number of nitrogens with zero attached hydrogens (tertiary/aromatic N) is 1. The predicted octanol–water partition coefficient (Wildman–Crippen LogP) is 4.49. The molecule has 1 saturated heterocycles. The maximum Gasteiger partial charge on any atom is 0.276 e. The number of benzene rings is 2. The molecular weight excluding hydrogens is 450 g/mol. The van der Waals surface area contributed by atoms with E-state index in [2.05, 4.69) is 10.6 Å². The van der Waals surface area contributed by atoms with Gasteiger partial charge in [-0.25, -0.2) is 0 Å². The largest absolute Gasteiger partial charge is 0.490 e. The molecule has 178 valence electrons. The Hall–Kier alpha value is -3.39. The summed E-state index contributed by atoms with van der Waals surface area (Å²) in [4.78, 5) is 27.0. The maximum absolute atomic E-state index is 13.0. The van der Waals surface area contributed by atoms with Gasteiger partial charge >= 0.3 is 0 Å². The molecule has 0 radical (unpaired) electrons. The van der Waals surface area contributed by atoms with Crippen LogP contribution in [0, 0.1) is 0 Å². The van der Waals surface area contributed by atoms with E-state index in [4.69, 9.17) is 21.7 Å². The number of carbonyl (C=O) groups excluding carboxylic acids is 2. The van der Waals surface area contributed by atoms with E-state index in [-0.39, 0.29) is 24.5 Å². The van der Waals surface area contributed by atoms with E-state index in [0.29, 0.717) is 34.6 Å². The number of ether oxygens (including phenoxy) is 2. The van der Waals surface area contributed by atoms with Gasteiger partial charge in [0.05, 0.1) is 6.61 Å². The molecule has 7 nitrogen and oxygen atoms in total. The summed E-state index contributed by atoms with van der Waals surface area (Å²) in [5.74, 6) is 0.600. The number of amides is 2. The van der Waals surface area contributed by atoms with Gasteiger partial charge < -0.3 is 20.1 Å². The van der Waals surface area contributed by atoms with Crippen LogP contribution >= 0.6 is 12.2 Å². The second-order valence-corrected chi connectivity index (χ2v) is 8.68. The summed E-state index contributed by atoms with van der Waals surface area (Å²) in [6, 6.07) is 14.7. The topological polar surface area (TPSA) is 79.9 Å². The van der Waals surface area contributed by atoms with E-state index in [9.17, 15) is 9.59 Å². The van der Waals surface area contributed by atoms with Crippen LogP contribution in [0.3, 0.4) is 0 Å². The highest BCUT2D eigenvalue weighted by atomic mass is 32.1. The third-order valence-electron chi connectivity index (χ3n) is 5.84. The Labute approximate surface area is 205 Å². The SMILES string of the molecule is CCOc1cc(/C=C2/NC(=S)N(C3CCCCC3)C2=O)ccc1OCC(=O)Nc1ccccc1. The van der Waals surface area contributed by atoms with Crippen molar-refractivity contribution in [3.05, 3.63) is 59.8 Å². The molecule has 2 aliphatic rings. The van der Waals surface area contributed by atoms with Gasteiger partial charge in [-0.2, -0.15) is 0 Å². The Bertz CT molecular complexity index is 1080. The Morgan fingerprint density at radius 3 is 2.62 bits per heavy atom. The summed E-state index contributed by atoms with van der Waals surface area (Å²) in [6.45, 7) is 2.16. The molecule has 8 heteroatoms. The quantitative estimate of drug-likeness (QED) is 0.429. The Morgan fingerprint density at radius 2 is 1.88 bits per heavy atom. The van der Waals surface area contributed by atoms with Gasteiger partial charge in [0.1, 0.15) is 5.70 Å². The third-order valence-corrected chi connectivity index (χ3v) is 6.14. The number of carbonyl (C=O) groups is 2. The van der Waals surface area contributed by atoms with Gasteiger partial charge in [0.2, 0.25) is 0 Å². The summed E-state index contributed by atoms with van der Waals surface area (Å²) < 4.78 is 11.4. The van der Waals surface area contributed by atoms with Gasteiger partial charge in [-0.1, -0.05) is 43.5 Å². The van der Waals surface area contributed by atoms with Crippen molar-refractivity contribution in [3.8, 4) is 11.5 Å². The third kappa shape index (κ3) is 5.75. The Morgan fingerprint density at radius 1 is 1.12 bits per heavy atom. The maximum atomic E-state index is 13.0. The molecule has 34 heavy (non-hydrogen) atoms. The van der Waals surface area contributed by atoms with Crippen LogP contribution in [-0.4, -0.2) is 41.1 Å². The smallest absolute Gasteiger partial charge is 0.276 e. The average Bonchev–Trinajstić information content (AvgIpc) is 3.12. The van der Waals surface area contributed by atoms with Crippen LogP contribution in [-0.2, 0) is 9.59 Å². The van der Waals surface area contributed by atoms with Gasteiger partial charge in [-0.15, -0.1) is 0 Å². The van der Waals surface area contributed by atoms with Crippen molar-refractivity contribution < 1.29 is 19.1 Å². The second kappa shape index (κ2) is 11.2. The van der Waals surface area contributed by atoms with Crippen LogP contribution in [0.1, 0.15) is 44.6 Å². The van der Waals surface area contributed by atoms with E-state index in [1.807, 2.05) is 43.3 Å². The van der Waals surface area contributed by atoms with Crippen LogP contribution < -0.4 is 20.1 Å². The lowest BCUT2D eigenvalue weighted by Crippen LogP contribution is -2.41. The molecule has 2 N–H and O–H groups in total. The monoisotopic (exact) mass is 479 g/mol. The molecule has 0 bridgehead atoms. The minimum absolute atomic E-state index is 0.0900. The van der Waals surface area contributed by atoms with Crippen molar-refractivity contribution in [2.75, 3.05) is 18.5 Å². The van der Waals surface area contributed by atoms with Gasteiger partial charge in [0, 0.05) is 11.7 Å². The molecule has 1 heterocycles. The molecule has 0 unspecified atom stereocenters. The minimum Gasteiger partial charge on any atom is -0.490 e. The van der Waals surface area contributed by atoms with Crippen molar-refractivity contribution in [1.29, 1.82) is 0 Å². The highest BCUT2D eigenvalue weighted by molar-refractivity contribution is 7.80. The fraction of sp³-hybridized carbons (Fsp3) is 0.346. The zero-order valence-corrected chi connectivity index (χ0v) is 20.0. The number of nitrogens with one attached hydrogen (secondary N) is 2. The molecular formula is C26H29N3O4S. The first-order valence-electron chi connectivity index (χ1n) is 11.7. The minimum atomic E-state index is -0.267. The van der Waals surface area contributed by atoms with Crippen molar-refractivity contribution in [3.63, 3.8) is 0 Å². The van der Waals surface area contributed by atoms with Crippen molar-refractivity contribution in [2.45, 2.75) is 45.1 Å². The number of hydrogen-bond donors (Lipinski definition) is 2. The van der Waals surface area contributed by atoms with Crippen LogP contribution in [0.4, 0.5) is 5.69 Å². The first kappa shape index (κ1) is 23.8. The summed E-state index contributed by atoms with van der Waals surface area (Å²) in [6.07, 6.45) is 7.20. The molecule has 2 fully saturated rings. The lowest BCUT2D eigenvalue weighted by molar-refractivity contribution is -0.124. The molecule has 2 amide bonds. The van der Waals surface area contributed by atoms with E-state index in [1.165, 1.54) is 6.42 Å². The lowest BCUT2D eigenvalue weighted by atomic mass is 9.94. The van der Waals surface area contributed by atoms with E-state index in [1.54, 1.807) is 23.1 Å². The number of rotatable bonds is 8. The van der Waals surface area contributed by atoms with Crippen molar-refractivity contribution in [2.24, 2.45) is 0 Å². The van der Waals surface area contributed by atoms with Crippen molar-refractivity contribution >= 4 is 40.9 Å². The van der Waals surface area contributed by atoms with Crippen LogP contribution in [0.2, 0.25) is 0 Å². The van der Waals surface area contributed by atoms with Crippen LogP contribution in [0.25, 0.3) is 6.08 Å². The summed E-state index contributed by atoms with van der Waals surface area (Å²) in [7, 11) is 0. The van der Waals surface area contributed by atoms with Gasteiger partial charge in [0.25, 0.3) is 11.8 Å². The lowest BCUT2D eigenvalue weighted by Gasteiger charge is -2.29. The fourth-order valence-corrected chi connectivity index (χ4v) is 4.59. The normalized spacial score (nSPS) is 17.6. The van der Waals surface area contributed by atoms with E-state index >= 15 is 0 Å². The molecule has 2 aromatic rings. The molecule has 0 spiro atoms. The fourth-order valence-electron chi connectivity index (χ4n) is 4.25. The number of thiocarbonyl (C=S) groups is 1. The molecule has 0 atom stereocenters. The summed E-state index contributed by atoms with van der Waals surface area (Å²) >= 11 is 5.46. The number of para-hydroxylation sites is 1. The van der Waals surface area contributed by atoms with Gasteiger partial charge in [-0.05, 0) is 67.9 Å². The Balaban J connectivity index is 1.44. The number of hydrogen-bond acceptors (Lipinski definition) is 5. The summed E-state index contributed by atoms with van der Waals surface area (Å²) in [5.41, 5.74) is 1.93. The molecule has 2 aromatic carbocycles. The average molecular weight is 480 g/mol. The molecule has 1 aliphatic heterocycles. The van der Waals surface area contributed by atoms with E-state index in [0.717, 1.165) is 31.2 Å². The molecule has 0 aromatic heterocycles. The first-order valence-corrected chi connectivity index (χ1v) is 12.1. The zero-order chi connectivity index (χ0) is 23.9. The highest BCUT2D eigenvalue weighted by Gasteiger charge is 2.36. The first-order chi connectivity index (χ1) is 16.5.